The van der Waals surface area contributed by atoms with Crippen LogP contribution in [0.4, 0.5) is 0 Å². The van der Waals surface area contributed by atoms with Gasteiger partial charge >= 0.3 is 11.9 Å². The fourth-order valence-electron chi connectivity index (χ4n) is 2.89. The average Bonchev–Trinajstić information content (AvgIpc) is 2.60. The van der Waals surface area contributed by atoms with Crippen LogP contribution in [0, 0.1) is 5.92 Å². The minimum Gasteiger partial charge on any atom is -0.469 e. The third-order valence-corrected chi connectivity index (χ3v) is 4.62. The van der Waals surface area contributed by atoms with Gasteiger partial charge in [-0.05, 0) is 18.8 Å². The summed E-state index contributed by atoms with van der Waals surface area (Å²) in [7, 11) is 2.90. The molecule has 0 N–H and O–H groups in total. The number of esters is 2. The monoisotopic (exact) mass is 342 g/mol. The predicted molar refractivity (Wildman–Crippen MR) is 97.8 cm³/mol. The largest absolute Gasteiger partial charge is 0.469 e. The summed E-state index contributed by atoms with van der Waals surface area (Å²) in [4.78, 5) is 22.0. The molecule has 0 aromatic carbocycles. The van der Waals surface area contributed by atoms with E-state index in [1.54, 1.807) is 0 Å². The normalized spacial score (nSPS) is 12.0. The van der Waals surface area contributed by atoms with E-state index in [4.69, 9.17) is 0 Å². The Bertz CT molecular complexity index is 315. The number of hydrogen-bond acceptors (Lipinski definition) is 4. The van der Waals surface area contributed by atoms with Gasteiger partial charge in [-0.1, -0.05) is 71.1 Å². The second-order valence-electron chi connectivity index (χ2n) is 6.87. The van der Waals surface area contributed by atoms with Gasteiger partial charge in [-0.3, -0.25) is 9.59 Å². The Balaban J connectivity index is 3.20. The number of carbonyl (C=O) groups is 2. The fraction of sp³-hybridized carbons (Fsp3) is 0.900. The summed E-state index contributed by atoms with van der Waals surface area (Å²) < 4.78 is 9.29. The summed E-state index contributed by atoms with van der Waals surface area (Å²) in [5.74, 6) is 0.441. The standard InChI is InChI=1S/C20H38O4/c1-18(16-17-20(22)24-3)14-12-10-8-6-4-5-7-9-11-13-15-19(21)23-2/h18H,4-17H2,1-3H3. The number of rotatable bonds is 16. The van der Waals surface area contributed by atoms with Crippen LogP contribution in [0.2, 0.25) is 0 Å². The summed E-state index contributed by atoms with van der Waals surface area (Å²) in [5, 5.41) is 0. The van der Waals surface area contributed by atoms with Gasteiger partial charge in [0.1, 0.15) is 0 Å². The van der Waals surface area contributed by atoms with Gasteiger partial charge in [0.25, 0.3) is 0 Å². The molecule has 0 fully saturated rings. The van der Waals surface area contributed by atoms with Gasteiger partial charge in [0.05, 0.1) is 14.2 Å². The number of methoxy groups -OCH3 is 2. The molecule has 1 unspecified atom stereocenters. The van der Waals surface area contributed by atoms with Crippen molar-refractivity contribution in [3.05, 3.63) is 0 Å². The van der Waals surface area contributed by atoms with Crippen molar-refractivity contribution in [3.8, 4) is 0 Å². The molecule has 1 atom stereocenters. The van der Waals surface area contributed by atoms with Gasteiger partial charge in [0, 0.05) is 12.8 Å². The fourth-order valence-corrected chi connectivity index (χ4v) is 2.89. The topological polar surface area (TPSA) is 52.6 Å². The summed E-state index contributed by atoms with van der Waals surface area (Å²) in [6, 6.07) is 0. The predicted octanol–water partition coefficient (Wildman–Crippen LogP) is 5.43. The van der Waals surface area contributed by atoms with E-state index in [1.165, 1.54) is 72.0 Å². The third kappa shape index (κ3) is 15.8. The van der Waals surface area contributed by atoms with Crippen molar-refractivity contribution < 1.29 is 19.1 Å². The first-order chi connectivity index (χ1) is 11.6. The summed E-state index contributed by atoms with van der Waals surface area (Å²) >= 11 is 0. The van der Waals surface area contributed by atoms with Gasteiger partial charge in [0.15, 0.2) is 0 Å². The molecule has 0 aliphatic rings. The van der Waals surface area contributed by atoms with E-state index in [9.17, 15) is 9.59 Å². The number of unbranched alkanes of at least 4 members (excludes halogenated alkanes) is 9. The maximum atomic E-state index is 11.1. The first-order valence-electron chi connectivity index (χ1n) is 9.73. The van der Waals surface area contributed by atoms with E-state index < -0.39 is 0 Å². The quantitative estimate of drug-likeness (QED) is 0.277. The molecular weight excluding hydrogens is 304 g/mol. The minimum absolute atomic E-state index is 0.0883. The Morgan fingerprint density at radius 1 is 0.625 bits per heavy atom. The lowest BCUT2D eigenvalue weighted by molar-refractivity contribution is -0.141. The van der Waals surface area contributed by atoms with Crippen LogP contribution in [0.15, 0.2) is 0 Å². The van der Waals surface area contributed by atoms with Gasteiger partial charge in [0.2, 0.25) is 0 Å². The van der Waals surface area contributed by atoms with E-state index in [0.29, 0.717) is 18.8 Å². The molecule has 0 spiro atoms. The van der Waals surface area contributed by atoms with Crippen molar-refractivity contribution >= 4 is 11.9 Å². The zero-order valence-corrected chi connectivity index (χ0v) is 16.1. The Morgan fingerprint density at radius 3 is 1.54 bits per heavy atom. The molecule has 0 rings (SSSR count). The van der Waals surface area contributed by atoms with Crippen LogP contribution in [0.3, 0.4) is 0 Å². The van der Waals surface area contributed by atoms with Crippen molar-refractivity contribution in [3.63, 3.8) is 0 Å². The highest BCUT2D eigenvalue weighted by atomic mass is 16.5. The second kappa shape index (κ2) is 16.8. The summed E-state index contributed by atoms with van der Waals surface area (Å²) in [6.07, 6.45) is 15.8. The molecule has 0 aromatic heterocycles. The highest BCUT2D eigenvalue weighted by Gasteiger charge is 2.06. The molecule has 0 amide bonds. The van der Waals surface area contributed by atoms with E-state index in [0.717, 1.165) is 19.3 Å². The number of carbonyl (C=O) groups excluding carboxylic acids is 2. The molecule has 0 heterocycles. The second-order valence-corrected chi connectivity index (χ2v) is 6.87. The smallest absolute Gasteiger partial charge is 0.305 e. The van der Waals surface area contributed by atoms with Crippen LogP contribution < -0.4 is 0 Å². The molecule has 0 aromatic rings. The first kappa shape index (κ1) is 22.9. The van der Waals surface area contributed by atoms with Crippen LogP contribution in [0.1, 0.15) is 96.8 Å². The van der Waals surface area contributed by atoms with Crippen LogP contribution in [-0.2, 0) is 19.1 Å². The molecule has 0 bridgehead atoms. The van der Waals surface area contributed by atoms with Crippen LogP contribution >= 0.6 is 0 Å². The molecular formula is C20H38O4. The van der Waals surface area contributed by atoms with E-state index in [1.807, 2.05) is 0 Å². The highest BCUT2D eigenvalue weighted by Crippen LogP contribution is 2.17. The van der Waals surface area contributed by atoms with Gasteiger partial charge in [-0.2, -0.15) is 0 Å². The molecule has 0 aliphatic carbocycles. The Hall–Kier alpha value is -1.06. The molecule has 0 saturated carbocycles. The van der Waals surface area contributed by atoms with Crippen molar-refractivity contribution in [1.29, 1.82) is 0 Å². The highest BCUT2D eigenvalue weighted by molar-refractivity contribution is 5.69. The molecule has 0 aliphatic heterocycles. The Labute approximate surface area is 148 Å². The van der Waals surface area contributed by atoms with Crippen LogP contribution in [-0.4, -0.2) is 26.2 Å². The summed E-state index contributed by atoms with van der Waals surface area (Å²) in [6.45, 7) is 2.23. The molecule has 0 saturated heterocycles. The van der Waals surface area contributed by atoms with Crippen LogP contribution in [0.5, 0.6) is 0 Å². The minimum atomic E-state index is -0.0906. The lowest BCUT2D eigenvalue weighted by Gasteiger charge is -2.10. The van der Waals surface area contributed by atoms with Gasteiger partial charge < -0.3 is 9.47 Å². The molecule has 142 valence electrons. The average molecular weight is 343 g/mol. The molecule has 24 heavy (non-hydrogen) atoms. The van der Waals surface area contributed by atoms with E-state index in [-0.39, 0.29) is 11.9 Å². The Morgan fingerprint density at radius 2 is 1.04 bits per heavy atom. The first-order valence-corrected chi connectivity index (χ1v) is 9.73. The summed E-state index contributed by atoms with van der Waals surface area (Å²) in [5.41, 5.74) is 0. The van der Waals surface area contributed by atoms with Crippen LogP contribution in [0.25, 0.3) is 0 Å². The maximum Gasteiger partial charge on any atom is 0.305 e. The van der Waals surface area contributed by atoms with Crippen molar-refractivity contribution in [2.75, 3.05) is 14.2 Å². The third-order valence-electron chi connectivity index (χ3n) is 4.62. The lowest BCUT2D eigenvalue weighted by atomic mass is 9.97. The number of ether oxygens (including phenoxy) is 2. The van der Waals surface area contributed by atoms with E-state index in [2.05, 4.69) is 16.4 Å². The molecule has 0 radical (unpaired) electrons. The zero-order chi connectivity index (χ0) is 18.0. The van der Waals surface area contributed by atoms with Crippen molar-refractivity contribution in [1.82, 2.24) is 0 Å². The SMILES string of the molecule is COC(=O)CCCCCCCCCCCCC(C)CCC(=O)OC. The van der Waals surface area contributed by atoms with Gasteiger partial charge in [-0.15, -0.1) is 0 Å². The maximum absolute atomic E-state index is 11.1. The molecule has 4 nitrogen and oxygen atoms in total. The number of hydrogen-bond donors (Lipinski definition) is 0. The zero-order valence-electron chi connectivity index (χ0n) is 16.1. The van der Waals surface area contributed by atoms with Crippen molar-refractivity contribution in [2.45, 2.75) is 96.8 Å². The lowest BCUT2D eigenvalue weighted by Crippen LogP contribution is -2.04. The van der Waals surface area contributed by atoms with Gasteiger partial charge in [-0.25, -0.2) is 0 Å². The van der Waals surface area contributed by atoms with Crippen molar-refractivity contribution in [2.24, 2.45) is 5.92 Å². The van der Waals surface area contributed by atoms with E-state index >= 15 is 0 Å². The molecule has 4 heteroatoms. The Kier molecular flexibility index (Phi) is 16.0.